The van der Waals surface area contributed by atoms with Gasteiger partial charge in [0.25, 0.3) is 0 Å². The van der Waals surface area contributed by atoms with Crippen molar-refractivity contribution >= 4 is 11.8 Å². The first kappa shape index (κ1) is 19.6. The number of nitrogens with two attached hydrogens (primary N) is 1. The highest BCUT2D eigenvalue weighted by Gasteiger charge is 2.46. The molecule has 2 amide bonds. The van der Waals surface area contributed by atoms with Gasteiger partial charge in [-0.15, -0.1) is 0 Å². The number of benzene rings is 1. The number of nitrogens with zero attached hydrogens (tertiary/aromatic N) is 4. The number of aryl methyl sites for hydroxylation is 2. The van der Waals surface area contributed by atoms with Crippen molar-refractivity contribution in [3.05, 3.63) is 53.9 Å². The van der Waals surface area contributed by atoms with E-state index in [2.05, 4.69) is 58.3 Å². The van der Waals surface area contributed by atoms with Crippen molar-refractivity contribution in [2.24, 2.45) is 0 Å². The van der Waals surface area contributed by atoms with Crippen molar-refractivity contribution in [3.63, 3.8) is 0 Å². The Kier molecular flexibility index (Phi) is 4.68. The molecule has 160 valence electrons. The number of urea groups is 1. The molecule has 2 aliphatic heterocycles. The highest BCUT2D eigenvalue weighted by atomic mass is 16.2. The van der Waals surface area contributed by atoms with Crippen molar-refractivity contribution in [2.45, 2.75) is 38.6 Å². The summed E-state index contributed by atoms with van der Waals surface area (Å²) in [6.07, 6.45) is 3.80. The van der Waals surface area contributed by atoms with Crippen LogP contribution >= 0.6 is 0 Å². The number of anilines is 1. The molecule has 0 saturated carbocycles. The fourth-order valence-corrected chi connectivity index (χ4v) is 4.90. The molecule has 1 atom stereocenters. The third-order valence-electron chi connectivity index (χ3n) is 6.67. The highest BCUT2D eigenvalue weighted by molar-refractivity contribution is 5.79. The number of aromatic nitrogens is 3. The summed E-state index contributed by atoms with van der Waals surface area (Å²) in [5.74, 6) is 0.518. The first-order valence-corrected chi connectivity index (χ1v) is 10.9. The number of likely N-dealkylation sites (tertiary alicyclic amines) is 1. The molecule has 1 spiro atoms. The monoisotopic (exact) mass is 416 g/mol. The van der Waals surface area contributed by atoms with E-state index in [-0.39, 0.29) is 11.4 Å². The van der Waals surface area contributed by atoms with E-state index in [4.69, 9.17) is 10.8 Å². The molecule has 7 nitrogen and oxygen atoms in total. The average molecular weight is 417 g/mol. The molecule has 1 fully saturated rings. The number of hydrogen-bond donors (Lipinski definition) is 2. The van der Waals surface area contributed by atoms with Crippen LogP contribution in [0.25, 0.3) is 22.4 Å². The summed E-state index contributed by atoms with van der Waals surface area (Å²) in [5.41, 5.74) is 12.5. The number of fused-ring (bicyclic) bond motifs is 2. The molecule has 0 aliphatic carbocycles. The average Bonchev–Trinajstić information content (AvgIpc) is 3.46. The smallest absolute Gasteiger partial charge is 0.317 e. The molecule has 2 aromatic heterocycles. The van der Waals surface area contributed by atoms with Gasteiger partial charge in [-0.1, -0.05) is 29.8 Å². The molecule has 0 bridgehead atoms. The number of pyridine rings is 1. The van der Waals surface area contributed by atoms with E-state index in [1.807, 2.05) is 11.8 Å². The van der Waals surface area contributed by atoms with Gasteiger partial charge in [0.1, 0.15) is 5.82 Å². The molecule has 2 aliphatic rings. The molecule has 0 unspecified atom stereocenters. The second-order valence-electron chi connectivity index (χ2n) is 8.70. The van der Waals surface area contributed by atoms with Gasteiger partial charge >= 0.3 is 6.03 Å². The molecule has 1 aromatic carbocycles. The highest BCUT2D eigenvalue weighted by Crippen LogP contribution is 2.44. The molecule has 3 aromatic rings. The number of nitrogens with one attached hydrogen (secondary N) is 1. The summed E-state index contributed by atoms with van der Waals surface area (Å²) in [6, 6.07) is 12.6. The lowest BCUT2D eigenvalue weighted by Crippen LogP contribution is -2.40. The Balaban J connectivity index is 1.46. The summed E-state index contributed by atoms with van der Waals surface area (Å²) >= 11 is 0. The molecule has 3 N–H and O–H groups in total. The summed E-state index contributed by atoms with van der Waals surface area (Å²) in [5, 5.41) is 7.81. The zero-order chi connectivity index (χ0) is 21.6. The van der Waals surface area contributed by atoms with Gasteiger partial charge in [0.15, 0.2) is 0 Å². The normalized spacial score (nSPS) is 19.7. The van der Waals surface area contributed by atoms with Gasteiger partial charge in [-0.3, -0.25) is 4.68 Å². The molecule has 7 heteroatoms. The zero-order valence-electron chi connectivity index (χ0n) is 18.1. The van der Waals surface area contributed by atoms with Gasteiger partial charge in [0, 0.05) is 54.6 Å². The van der Waals surface area contributed by atoms with E-state index in [9.17, 15) is 4.79 Å². The Morgan fingerprint density at radius 3 is 2.71 bits per heavy atom. The standard InChI is InChI=1S/C24H28N6O/c1-3-26-23(31)29-10-8-24(15-29)9-11-30-21(24)13-20(28-30)18-12-19(22(25)27-14-18)17-6-4-16(2)5-7-17/h4-7,12-14H,3,8-11,15H2,1-2H3,(H2,25,27)(H,26,31)/t24-/m1/s1. The van der Waals surface area contributed by atoms with Crippen LogP contribution in [0.15, 0.2) is 42.6 Å². The third kappa shape index (κ3) is 3.34. The maximum atomic E-state index is 12.3. The van der Waals surface area contributed by atoms with Crippen LogP contribution in [0.5, 0.6) is 0 Å². The molecular formula is C24H28N6O. The quantitative estimate of drug-likeness (QED) is 0.683. The number of rotatable bonds is 3. The van der Waals surface area contributed by atoms with Crippen molar-refractivity contribution in [3.8, 4) is 22.4 Å². The fourth-order valence-electron chi connectivity index (χ4n) is 4.90. The summed E-state index contributed by atoms with van der Waals surface area (Å²) < 4.78 is 2.11. The van der Waals surface area contributed by atoms with Gasteiger partial charge in [0.05, 0.1) is 5.69 Å². The molecule has 5 rings (SSSR count). The van der Waals surface area contributed by atoms with E-state index in [0.717, 1.165) is 54.9 Å². The Hall–Kier alpha value is -3.35. The van der Waals surface area contributed by atoms with Crippen molar-refractivity contribution < 1.29 is 4.79 Å². The third-order valence-corrected chi connectivity index (χ3v) is 6.67. The number of hydrogen-bond acceptors (Lipinski definition) is 4. The minimum absolute atomic E-state index is 0.00262. The second kappa shape index (κ2) is 7.41. The first-order valence-electron chi connectivity index (χ1n) is 10.9. The van der Waals surface area contributed by atoms with Crippen LogP contribution in [0.1, 0.15) is 31.0 Å². The Morgan fingerprint density at radius 2 is 1.94 bits per heavy atom. The van der Waals surface area contributed by atoms with E-state index >= 15 is 0 Å². The minimum atomic E-state index is -0.00262. The van der Waals surface area contributed by atoms with Crippen LogP contribution in [0, 0.1) is 6.92 Å². The lowest BCUT2D eigenvalue weighted by molar-refractivity contribution is 0.206. The predicted molar refractivity (Wildman–Crippen MR) is 122 cm³/mol. The fraction of sp³-hybridized carbons (Fsp3) is 0.375. The van der Waals surface area contributed by atoms with Gasteiger partial charge in [0.2, 0.25) is 0 Å². The summed E-state index contributed by atoms with van der Waals surface area (Å²) in [4.78, 5) is 18.7. The van der Waals surface area contributed by atoms with Crippen molar-refractivity contribution in [2.75, 3.05) is 25.4 Å². The Labute approximate surface area is 182 Å². The summed E-state index contributed by atoms with van der Waals surface area (Å²) in [6.45, 7) is 7.09. The molecular weight excluding hydrogens is 388 g/mol. The van der Waals surface area contributed by atoms with Crippen molar-refractivity contribution in [1.82, 2.24) is 25.0 Å². The van der Waals surface area contributed by atoms with E-state index < -0.39 is 0 Å². The number of amides is 2. The zero-order valence-corrected chi connectivity index (χ0v) is 18.1. The lowest BCUT2D eigenvalue weighted by Gasteiger charge is -2.23. The van der Waals surface area contributed by atoms with Crippen LogP contribution in [0.2, 0.25) is 0 Å². The van der Waals surface area contributed by atoms with Gasteiger partial charge in [-0.2, -0.15) is 5.10 Å². The van der Waals surface area contributed by atoms with E-state index in [1.165, 1.54) is 11.3 Å². The largest absolute Gasteiger partial charge is 0.383 e. The van der Waals surface area contributed by atoms with Crippen LogP contribution in [-0.2, 0) is 12.0 Å². The van der Waals surface area contributed by atoms with Crippen LogP contribution in [0.4, 0.5) is 10.6 Å². The SMILES string of the molecule is CCNC(=O)N1CC[C@@]2(CCn3nc(-c4cnc(N)c(-c5ccc(C)cc5)c4)cc32)C1. The van der Waals surface area contributed by atoms with E-state index in [0.29, 0.717) is 12.4 Å². The molecule has 0 radical (unpaired) electrons. The molecule has 4 heterocycles. The van der Waals surface area contributed by atoms with Crippen LogP contribution in [-0.4, -0.2) is 45.3 Å². The minimum Gasteiger partial charge on any atom is -0.383 e. The summed E-state index contributed by atoms with van der Waals surface area (Å²) in [7, 11) is 0. The maximum Gasteiger partial charge on any atom is 0.317 e. The van der Waals surface area contributed by atoms with Gasteiger partial charge in [-0.05, 0) is 44.4 Å². The number of nitrogen functional groups attached to an aromatic ring is 1. The topological polar surface area (TPSA) is 89.1 Å². The second-order valence-corrected chi connectivity index (χ2v) is 8.70. The first-order chi connectivity index (χ1) is 15.0. The molecule has 31 heavy (non-hydrogen) atoms. The van der Waals surface area contributed by atoms with Gasteiger partial charge in [-0.25, -0.2) is 9.78 Å². The maximum absolute atomic E-state index is 12.3. The van der Waals surface area contributed by atoms with Crippen LogP contribution in [0.3, 0.4) is 0 Å². The Morgan fingerprint density at radius 1 is 1.16 bits per heavy atom. The number of carbonyl (C=O) groups excluding carboxylic acids is 1. The van der Waals surface area contributed by atoms with Crippen molar-refractivity contribution in [1.29, 1.82) is 0 Å². The van der Waals surface area contributed by atoms with Crippen LogP contribution < -0.4 is 11.1 Å². The lowest BCUT2D eigenvalue weighted by atomic mass is 9.82. The Bertz CT molecular complexity index is 1140. The molecule has 1 saturated heterocycles. The predicted octanol–water partition coefficient (Wildman–Crippen LogP) is 3.58. The van der Waals surface area contributed by atoms with E-state index in [1.54, 1.807) is 6.20 Å². The van der Waals surface area contributed by atoms with Gasteiger partial charge < -0.3 is 16.0 Å². The number of carbonyl (C=O) groups is 1.